The van der Waals surface area contributed by atoms with E-state index < -0.39 is 27.8 Å². The number of anilines is 1. The van der Waals surface area contributed by atoms with Gasteiger partial charge in [0.2, 0.25) is 0 Å². The first-order chi connectivity index (χ1) is 16.0. The number of rotatable bonds is 6. The number of aromatic nitrogens is 2. The summed E-state index contributed by atoms with van der Waals surface area (Å²) in [6.45, 7) is 5.29. The van der Waals surface area contributed by atoms with Crippen LogP contribution in [0, 0.1) is 5.92 Å². The second-order valence-electron chi connectivity index (χ2n) is 9.82. The first-order valence-corrected chi connectivity index (χ1v) is 13.0. The Balaban J connectivity index is 1.76. The van der Waals surface area contributed by atoms with E-state index in [9.17, 15) is 18.3 Å². The lowest BCUT2D eigenvalue weighted by molar-refractivity contribution is 0.0636. The van der Waals surface area contributed by atoms with Gasteiger partial charge in [0, 0.05) is 5.39 Å². The number of hydrogen-bond acceptors (Lipinski definition) is 6. The van der Waals surface area contributed by atoms with Gasteiger partial charge in [-0.3, -0.25) is 5.32 Å². The number of benzene rings is 1. The van der Waals surface area contributed by atoms with Crippen LogP contribution in [0.25, 0.3) is 11.0 Å². The number of carbonyl (C=O) groups is 1. The minimum Gasteiger partial charge on any atom is -0.444 e. The summed E-state index contributed by atoms with van der Waals surface area (Å²) in [5.74, 6) is 0.359. The van der Waals surface area contributed by atoms with Crippen molar-refractivity contribution in [3.05, 3.63) is 54.4 Å². The first-order valence-electron chi connectivity index (χ1n) is 11.5. The van der Waals surface area contributed by atoms with Gasteiger partial charge in [0.1, 0.15) is 5.60 Å². The van der Waals surface area contributed by atoms with Gasteiger partial charge in [-0.25, -0.2) is 22.2 Å². The van der Waals surface area contributed by atoms with Crippen molar-refractivity contribution in [3.8, 4) is 0 Å². The molecule has 1 amide bonds. The number of nitrogens with zero attached hydrogens (tertiary/aromatic N) is 2. The van der Waals surface area contributed by atoms with Crippen LogP contribution in [0.4, 0.5) is 10.5 Å². The fourth-order valence-electron chi connectivity index (χ4n) is 4.45. The second kappa shape index (κ2) is 9.38. The highest BCUT2D eigenvalue weighted by molar-refractivity contribution is 7.90. The highest BCUT2D eigenvalue weighted by Crippen LogP contribution is 2.36. The van der Waals surface area contributed by atoms with E-state index in [1.807, 2.05) is 0 Å². The maximum atomic E-state index is 13.6. The Morgan fingerprint density at radius 1 is 1.21 bits per heavy atom. The molecule has 2 N–H and O–H groups in total. The number of aliphatic hydroxyl groups excluding tert-OH is 1. The maximum absolute atomic E-state index is 13.6. The number of carbonyl (C=O) groups excluding carboxylic acids is 1. The lowest BCUT2D eigenvalue weighted by Crippen LogP contribution is -2.27. The van der Waals surface area contributed by atoms with Crippen molar-refractivity contribution in [2.45, 2.75) is 69.5 Å². The van der Waals surface area contributed by atoms with Crippen LogP contribution in [-0.2, 0) is 14.8 Å². The topological polar surface area (TPSA) is 111 Å². The van der Waals surface area contributed by atoms with Crippen LogP contribution in [0.5, 0.6) is 0 Å². The predicted octanol–water partition coefficient (Wildman–Crippen LogP) is 5.23. The average molecular weight is 486 g/mol. The Morgan fingerprint density at radius 3 is 2.53 bits per heavy atom. The molecule has 2 heterocycles. The monoisotopic (exact) mass is 485 g/mol. The molecule has 8 nitrogen and oxygen atoms in total. The van der Waals surface area contributed by atoms with Crippen LogP contribution >= 0.6 is 0 Å². The van der Waals surface area contributed by atoms with Crippen molar-refractivity contribution >= 4 is 32.8 Å². The van der Waals surface area contributed by atoms with Crippen LogP contribution in [0.15, 0.2) is 53.6 Å². The van der Waals surface area contributed by atoms with E-state index in [0.29, 0.717) is 23.4 Å². The molecule has 0 radical (unpaired) electrons. The number of ether oxygens (including phenoxy) is 1. The van der Waals surface area contributed by atoms with E-state index in [2.05, 4.69) is 10.3 Å². The molecule has 3 aromatic rings. The number of amides is 1. The average Bonchev–Trinajstić information content (AvgIpc) is 3.40. The van der Waals surface area contributed by atoms with Gasteiger partial charge < -0.3 is 9.84 Å². The number of aliphatic hydroxyl groups is 1. The van der Waals surface area contributed by atoms with Crippen LogP contribution in [0.2, 0.25) is 0 Å². The zero-order valence-electron chi connectivity index (χ0n) is 19.7. The molecule has 1 atom stereocenters. The molecule has 0 aliphatic heterocycles. The molecular formula is C25H31N3O5S. The number of pyridine rings is 1. The third-order valence-electron chi connectivity index (χ3n) is 5.92. The van der Waals surface area contributed by atoms with Crippen molar-refractivity contribution in [2.75, 3.05) is 5.32 Å². The molecule has 2 aromatic heterocycles. The fraction of sp³-hybridized carbons (Fsp3) is 0.440. The molecular weight excluding hydrogens is 454 g/mol. The molecule has 1 aliphatic carbocycles. The number of nitrogens with one attached hydrogen (secondary N) is 1. The second-order valence-corrected chi connectivity index (χ2v) is 11.6. The largest absolute Gasteiger partial charge is 0.444 e. The van der Waals surface area contributed by atoms with Gasteiger partial charge in [0.15, 0.2) is 5.65 Å². The van der Waals surface area contributed by atoms with Crippen LogP contribution in [-0.4, -0.2) is 34.2 Å². The number of hydrogen-bond donors (Lipinski definition) is 2. The van der Waals surface area contributed by atoms with E-state index in [0.717, 1.165) is 29.7 Å². The Kier molecular flexibility index (Phi) is 6.69. The van der Waals surface area contributed by atoms with Gasteiger partial charge in [0.25, 0.3) is 10.0 Å². The Hall–Kier alpha value is -2.91. The van der Waals surface area contributed by atoms with Crippen LogP contribution < -0.4 is 5.32 Å². The smallest absolute Gasteiger partial charge is 0.412 e. The summed E-state index contributed by atoms with van der Waals surface area (Å²) < 4.78 is 33.6. The fourth-order valence-corrected chi connectivity index (χ4v) is 5.99. The molecule has 1 aromatic carbocycles. The summed E-state index contributed by atoms with van der Waals surface area (Å²) >= 11 is 0. The molecule has 182 valence electrons. The maximum Gasteiger partial charge on any atom is 0.412 e. The van der Waals surface area contributed by atoms with Crippen molar-refractivity contribution in [3.63, 3.8) is 0 Å². The third kappa shape index (κ3) is 5.26. The number of fused-ring (bicyclic) bond motifs is 1. The molecule has 1 aliphatic rings. The SMILES string of the molecule is CC(C)(C)OC(=O)Nc1cnc2c(c1)cc(C(O)CC1CCCC1)n2S(=O)(=O)c1ccccc1. The van der Waals surface area contributed by atoms with E-state index in [1.165, 1.54) is 18.3 Å². The van der Waals surface area contributed by atoms with Crippen LogP contribution in [0.1, 0.15) is 64.7 Å². The van der Waals surface area contributed by atoms with Gasteiger partial charge in [-0.1, -0.05) is 43.9 Å². The van der Waals surface area contributed by atoms with Gasteiger partial charge in [-0.05, 0) is 57.4 Å². The molecule has 0 saturated heterocycles. The molecule has 34 heavy (non-hydrogen) atoms. The van der Waals surface area contributed by atoms with Crippen molar-refractivity contribution in [1.82, 2.24) is 8.96 Å². The lowest BCUT2D eigenvalue weighted by Gasteiger charge is -2.19. The minimum absolute atomic E-state index is 0.111. The predicted molar refractivity (Wildman–Crippen MR) is 130 cm³/mol. The highest BCUT2D eigenvalue weighted by atomic mass is 32.2. The van der Waals surface area contributed by atoms with Crippen molar-refractivity contribution in [2.24, 2.45) is 5.92 Å². The molecule has 4 rings (SSSR count). The van der Waals surface area contributed by atoms with Gasteiger partial charge in [0.05, 0.1) is 28.6 Å². The Morgan fingerprint density at radius 2 is 1.88 bits per heavy atom. The summed E-state index contributed by atoms with van der Waals surface area (Å²) in [6, 6.07) is 11.4. The molecule has 1 unspecified atom stereocenters. The summed E-state index contributed by atoms with van der Waals surface area (Å²) in [5.41, 5.74) is 0.172. The highest BCUT2D eigenvalue weighted by Gasteiger charge is 2.29. The summed E-state index contributed by atoms with van der Waals surface area (Å²) in [5, 5.41) is 14.2. The zero-order valence-corrected chi connectivity index (χ0v) is 20.5. The van der Waals surface area contributed by atoms with E-state index >= 15 is 0 Å². The Bertz CT molecular complexity index is 1270. The summed E-state index contributed by atoms with van der Waals surface area (Å²) in [7, 11) is -4.01. The van der Waals surface area contributed by atoms with Crippen LogP contribution in [0.3, 0.4) is 0 Å². The third-order valence-corrected chi connectivity index (χ3v) is 7.66. The molecule has 9 heteroatoms. The molecule has 0 spiro atoms. The van der Waals surface area contributed by atoms with E-state index in [-0.39, 0.29) is 16.2 Å². The Labute approximate surface area is 200 Å². The van der Waals surface area contributed by atoms with E-state index in [4.69, 9.17) is 4.74 Å². The lowest BCUT2D eigenvalue weighted by atomic mass is 9.98. The minimum atomic E-state index is -4.01. The van der Waals surface area contributed by atoms with Gasteiger partial charge in [-0.2, -0.15) is 0 Å². The zero-order chi connectivity index (χ0) is 24.5. The first kappa shape index (κ1) is 24.2. The van der Waals surface area contributed by atoms with Crippen molar-refractivity contribution in [1.29, 1.82) is 0 Å². The molecule has 1 saturated carbocycles. The van der Waals surface area contributed by atoms with E-state index in [1.54, 1.807) is 51.1 Å². The van der Waals surface area contributed by atoms with Gasteiger partial charge >= 0.3 is 6.09 Å². The van der Waals surface area contributed by atoms with Crippen molar-refractivity contribution < 1.29 is 23.1 Å². The quantitative estimate of drug-likeness (QED) is 0.494. The molecule has 0 bridgehead atoms. The summed E-state index contributed by atoms with van der Waals surface area (Å²) in [6.07, 6.45) is 4.61. The molecule has 1 fully saturated rings. The normalized spacial score (nSPS) is 16.0. The van der Waals surface area contributed by atoms with Gasteiger partial charge in [-0.15, -0.1) is 0 Å². The standard InChI is InChI=1S/C25H31N3O5S/c1-25(2,3)33-24(30)27-19-14-18-15-21(22(29)13-17-9-7-8-10-17)28(23(18)26-16-19)34(31,32)20-11-5-4-6-12-20/h4-6,11-12,14-17,22,29H,7-10,13H2,1-3H3,(H,27,30). The summed E-state index contributed by atoms with van der Waals surface area (Å²) in [4.78, 5) is 16.7.